The molecule has 0 bridgehead atoms. The minimum atomic E-state index is -0.905. The molecule has 3 aromatic rings. The molecular formula is C13H9NO3S2. The summed E-state index contributed by atoms with van der Waals surface area (Å²) in [7, 11) is 0. The molecule has 19 heavy (non-hydrogen) atoms. The Balaban J connectivity index is 1.78. The monoisotopic (exact) mass is 291 g/mol. The Morgan fingerprint density at radius 2 is 2.21 bits per heavy atom. The van der Waals surface area contributed by atoms with Crippen LogP contribution in [0.25, 0.3) is 10.2 Å². The zero-order valence-electron chi connectivity index (χ0n) is 9.70. The number of fused-ring (bicyclic) bond motifs is 1. The molecule has 6 heteroatoms. The number of hydrogen-bond acceptors (Lipinski definition) is 5. The van der Waals surface area contributed by atoms with Gasteiger partial charge in [-0.1, -0.05) is 6.07 Å². The number of carboxylic acid groups (broad SMARTS) is 1. The molecule has 2 aromatic heterocycles. The van der Waals surface area contributed by atoms with Gasteiger partial charge in [-0.15, -0.1) is 22.7 Å². The average Bonchev–Trinajstić information content (AvgIpc) is 3.05. The van der Waals surface area contributed by atoms with Crippen LogP contribution in [-0.2, 0) is 6.61 Å². The summed E-state index contributed by atoms with van der Waals surface area (Å²) in [5, 5.41) is 8.86. The van der Waals surface area contributed by atoms with Gasteiger partial charge in [-0.05, 0) is 24.3 Å². The number of rotatable bonds is 4. The average molecular weight is 291 g/mol. The number of carbonyl (C=O) groups is 1. The van der Waals surface area contributed by atoms with Crippen LogP contribution in [0.5, 0.6) is 5.75 Å². The number of para-hydroxylation sites is 1. The molecule has 4 nitrogen and oxygen atoms in total. The van der Waals surface area contributed by atoms with E-state index >= 15 is 0 Å². The van der Waals surface area contributed by atoms with Gasteiger partial charge in [0.15, 0.2) is 0 Å². The lowest BCUT2D eigenvalue weighted by Crippen LogP contribution is -1.93. The molecule has 0 fully saturated rings. The van der Waals surface area contributed by atoms with Crippen molar-refractivity contribution in [3.8, 4) is 5.75 Å². The number of aromatic nitrogens is 1. The van der Waals surface area contributed by atoms with Gasteiger partial charge in [0.2, 0.25) is 0 Å². The first kappa shape index (κ1) is 12.1. The molecule has 0 saturated carbocycles. The summed E-state index contributed by atoms with van der Waals surface area (Å²) in [6.45, 7) is 0.356. The zero-order chi connectivity index (χ0) is 13.2. The fourth-order valence-electron chi connectivity index (χ4n) is 1.70. The summed E-state index contributed by atoms with van der Waals surface area (Å²) in [5.41, 5.74) is 2.63. The Morgan fingerprint density at radius 1 is 1.32 bits per heavy atom. The van der Waals surface area contributed by atoms with Crippen LogP contribution in [-0.4, -0.2) is 16.1 Å². The van der Waals surface area contributed by atoms with E-state index in [4.69, 9.17) is 9.84 Å². The number of thiazole rings is 1. The number of aromatic carboxylic acids is 1. The second-order valence-corrected chi connectivity index (χ2v) is 5.87. The van der Waals surface area contributed by atoms with Crippen molar-refractivity contribution in [1.82, 2.24) is 4.98 Å². The number of hydrogen-bond donors (Lipinski definition) is 1. The highest BCUT2D eigenvalue weighted by atomic mass is 32.1. The van der Waals surface area contributed by atoms with Gasteiger partial charge >= 0.3 is 5.97 Å². The number of ether oxygens (including phenoxy) is 1. The summed E-state index contributed by atoms with van der Waals surface area (Å²) >= 11 is 2.79. The highest BCUT2D eigenvalue weighted by Crippen LogP contribution is 2.28. The Labute approximate surface area is 116 Å². The lowest BCUT2D eigenvalue weighted by Gasteiger charge is -2.04. The maximum Gasteiger partial charge on any atom is 0.345 e. The normalized spacial score (nSPS) is 10.7. The SMILES string of the molecule is O=C(O)c1ccc(COc2cccc3scnc23)s1. The van der Waals surface area contributed by atoms with Crippen LogP contribution in [0.2, 0.25) is 0 Å². The van der Waals surface area contributed by atoms with Gasteiger partial charge in [0.1, 0.15) is 22.8 Å². The first-order chi connectivity index (χ1) is 9.24. The maximum atomic E-state index is 10.8. The minimum Gasteiger partial charge on any atom is -0.486 e. The van der Waals surface area contributed by atoms with Gasteiger partial charge in [-0.25, -0.2) is 9.78 Å². The molecule has 0 aliphatic carbocycles. The van der Waals surface area contributed by atoms with E-state index in [9.17, 15) is 4.79 Å². The quantitative estimate of drug-likeness (QED) is 0.797. The summed E-state index contributed by atoms with van der Waals surface area (Å²) in [6, 6.07) is 9.15. The van der Waals surface area contributed by atoms with Crippen molar-refractivity contribution in [2.24, 2.45) is 0 Å². The molecule has 1 aromatic carbocycles. The van der Waals surface area contributed by atoms with Crippen LogP contribution in [0.4, 0.5) is 0 Å². The van der Waals surface area contributed by atoms with Crippen LogP contribution in [0, 0.1) is 0 Å². The van der Waals surface area contributed by atoms with E-state index in [1.165, 1.54) is 11.3 Å². The first-order valence-electron chi connectivity index (χ1n) is 5.51. The van der Waals surface area contributed by atoms with Crippen LogP contribution < -0.4 is 4.74 Å². The van der Waals surface area contributed by atoms with Gasteiger partial charge < -0.3 is 9.84 Å². The van der Waals surface area contributed by atoms with Crippen molar-refractivity contribution in [2.45, 2.75) is 6.61 Å². The van der Waals surface area contributed by atoms with E-state index in [1.54, 1.807) is 29.0 Å². The van der Waals surface area contributed by atoms with E-state index < -0.39 is 5.97 Å². The number of benzene rings is 1. The smallest absolute Gasteiger partial charge is 0.345 e. The second kappa shape index (κ2) is 4.99. The van der Waals surface area contributed by atoms with Crippen molar-refractivity contribution in [2.75, 3.05) is 0 Å². The van der Waals surface area contributed by atoms with Crippen LogP contribution >= 0.6 is 22.7 Å². The van der Waals surface area contributed by atoms with Gasteiger partial charge in [0, 0.05) is 4.88 Å². The molecule has 2 heterocycles. The first-order valence-corrected chi connectivity index (χ1v) is 7.20. The molecule has 1 N–H and O–H groups in total. The highest BCUT2D eigenvalue weighted by Gasteiger charge is 2.09. The van der Waals surface area contributed by atoms with E-state index in [0.29, 0.717) is 11.5 Å². The van der Waals surface area contributed by atoms with Gasteiger partial charge in [-0.2, -0.15) is 0 Å². The third kappa shape index (κ3) is 2.45. The molecule has 3 rings (SSSR count). The summed E-state index contributed by atoms with van der Waals surface area (Å²) in [4.78, 5) is 16.3. The lowest BCUT2D eigenvalue weighted by atomic mass is 10.3. The fourth-order valence-corrected chi connectivity index (χ4v) is 3.15. The highest BCUT2D eigenvalue weighted by molar-refractivity contribution is 7.16. The van der Waals surface area contributed by atoms with Crippen molar-refractivity contribution in [1.29, 1.82) is 0 Å². The Bertz CT molecular complexity index is 732. The molecule has 0 saturated heterocycles. The molecule has 0 aliphatic heterocycles. The minimum absolute atomic E-state index is 0.325. The van der Waals surface area contributed by atoms with Gasteiger partial charge in [0.05, 0.1) is 10.2 Å². The van der Waals surface area contributed by atoms with Crippen molar-refractivity contribution >= 4 is 38.9 Å². The van der Waals surface area contributed by atoms with Gasteiger partial charge in [0.25, 0.3) is 0 Å². The molecule has 0 unspecified atom stereocenters. The van der Waals surface area contributed by atoms with Crippen LogP contribution in [0.15, 0.2) is 35.8 Å². The van der Waals surface area contributed by atoms with E-state index in [1.807, 2.05) is 18.2 Å². The lowest BCUT2D eigenvalue weighted by molar-refractivity contribution is 0.0702. The molecule has 96 valence electrons. The summed E-state index contributed by atoms with van der Waals surface area (Å²) in [6.07, 6.45) is 0. The topological polar surface area (TPSA) is 59.4 Å². The Morgan fingerprint density at radius 3 is 3.00 bits per heavy atom. The molecule has 0 aliphatic rings. The van der Waals surface area contributed by atoms with E-state index in [2.05, 4.69) is 4.98 Å². The third-order valence-electron chi connectivity index (χ3n) is 2.57. The van der Waals surface area contributed by atoms with Crippen LogP contribution in [0.1, 0.15) is 14.5 Å². The molecule has 0 amide bonds. The number of thiophene rings is 1. The molecule has 0 atom stereocenters. The summed E-state index contributed by atoms with van der Waals surface area (Å²) in [5.74, 6) is -0.179. The van der Waals surface area contributed by atoms with Crippen molar-refractivity contribution in [3.63, 3.8) is 0 Å². The Kier molecular flexibility index (Phi) is 3.18. The van der Waals surface area contributed by atoms with E-state index in [-0.39, 0.29) is 0 Å². The largest absolute Gasteiger partial charge is 0.486 e. The molecular weight excluding hydrogens is 282 g/mol. The Hall–Kier alpha value is -1.92. The number of carboxylic acids is 1. The van der Waals surface area contributed by atoms with Crippen molar-refractivity contribution < 1.29 is 14.6 Å². The summed E-state index contributed by atoms with van der Waals surface area (Å²) < 4.78 is 6.80. The standard InChI is InChI=1S/C13H9NO3S2/c15-13(16)11-5-4-8(19-11)6-17-9-2-1-3-10-12(9)14-7-18-10/h1-5,7H,6H2,(H,15,16). The maximum absolute atomic E-state index is 10.8. The van der Waals surface area contributed by atoms with Crippen LogP contribution in [0.3, 0.4) is 0 Å². The third-order valence-corrected chi connectivity index (χ3v) is 4.41. The molecule has 0 radical (unpaired) electrons. The van der Waals surface area contributed by atoms with E-state index in [0.717, 1.165) is 20.8 Å². The fraction of sp³-hybridized carbons (Fsp3) is 0.0769. The predicted octanol–water partition coefficient (Wildman–Crippen LogP) is 3.64. The van der Waals surface area contributed by atoms with Crippen molar-refractivity contribution in [3.05, 3.63) is 45.6 Å². The second-order valence-electron chi connectivity index (χ2n) is 3.82. The molecule has 0 spiro atoms. The van der Waals surface area contributed by atoms with Gasteiger partial charge in [-0.3, -0.25) is 0 Å². The zero-order valence-corrected chi connectivity index (χ0v) is 11.3. The number of nitrogens with zero attached hydrogens (tertiary/aromatic N) is 1. The predicted molar refractivity (Wildman–Crippen MR) is 75.2 cm³/mol.